The lowest BCUT2D eigenvalue weighted by atomic mass is 10.1. The van der Waals surface area contributed by atoms with Crippen molar-refractivity contribution in [2.75, 3.05) is 35.8 Å². The molecule has 3 aromatic rings. The summed E-state index contributed by atoms with van der Waals surface area (Å²) in [6, 6.07) is 22.6. The number of nitrogens with zero attached hydrogens (tertiary/aromatic N) is 2. The minimum absolute atomic E-state index is 0.102. The summed E-state index contributed by atoms with van der Waals surface area (Å²) in [6.07, 6.45) is 0. The van der Waals surface area contributed by atoms with Gasteiger partial charge in [0.15, 0.2) is 0 Å². The maximum atomic E-state index is 13.0. The summed E-state index contributed by atoms with van der Waals surface area (Å²) < 4.78 is 27.8. The van der Waals surface area contributed by atoms with Crippen molar-refractivity contribution in [2.45, 2.75) is 4.90 Å². The highest BCUT2D eigenvalue weighted by molar-refractivity contribution is 7.92. The zero-order valence-corrected chi connectivity index (χ0v) is 18.3. The summed E-state index contributed by atoms with van der Waals surface area (Å²) in [4.78, 5) is 17.1. The second kappa shape index (κ2) is 8.99. The number of carbonyl (C=O) groups is 1. The molecule has 0 bridgehead atoms. The molecule has 0 aliphatic carbocycles. The normalized spacial score (nSPS) is 14.4. The van der Waals surface area contributed by atoms with Gasteiger partial charge in [-0.3, -0.25) is 9.52 Å². The second-order valence-corrected chi connectivity index (χ2v) is 9.37. The van der Waals surface area contributed by atoms with Gasteiger partial charge in [0.25, 0.3) is 15.9 Å². The maximum Gasteiger partial charge on any atom is 0.261 e. The third kappa shape index (κ3) is 5.00. The van der Waals surface area contributed by atoms with Crippen molar-refractivity contribution in [2.24, 2.45) is 0 Å². The molecular formula is C23H22ClN3O3S. The van der Waals surface area contributed by atoms with E-state index in [-0.39, 0.29) is 10.8 Å². The van der Waals surface area contributed by atoms with E-state index in [4.69, 9.17) is 11.6 Å². The Morgan fingerprint density at radius 3 is 2.19 bits per heavy atom. The molecule has 3 aromatic carbocycles. The Bertz CT molecular complexity index is 1160. The van der Waals surface area contributed by atoms with E-state index < -0.39 is 10.0 Å². The molecule has 31 heavy (non-hydrogen) atoms. The van der Waals surface area contributed by atoms with E-state index in [0.29, 0.717) is 29.4 Å². The molecule has 0 spiro atoms. The van der Waals surface area contributed by atoms with Crippen molar-refractivity contribution in [3.8, 4) is 0 Å². The quantitative estimate of drug-likeness (QED) is 0.628. The van der Waals surface area contributed by atoms with Crippen LogP contribution in [0.1, 0.15) is 10.4 Å². The number of piperazine rings is 1. The molecule has 0 saturated carbocycles. The van der Waals surface area contributed by atoms with Gasteiger partial charge in [-0.2, -0.15) is 0 Å². The van der Waals surface area contributed by atoms with Crippen LogP contribution < -0.4 is 9.62 Å². The van der Waals surface area contributed by atoms with Crippen LogP contribution in [-0.2, 0) is 10.0 Å². The number of hydrogen-bond donors (Lipinski definition) is 1. The van der Waals surface area contributed by atoms with Gasteiger partial charge in [-0.05, 0) is 54.6 Å². The van der Waals surface area contributed by atoms with Crippen molar-refractivity contribution >= 4 is 38.9 Å². The number of para-hydroxylation sites is 1. The molecule has 1 fully saturated rings. The van der Waals surface area contributed by atoms with E-state index in [1.165, 1.54) is 24.3 Å². The van der Waals surface area contributed by atoms with Crippen LogP contribution in [-0.4, -0.2) is 45.4 Å². The van der Waals surface area contributed by atoms with E-state index >= 15 is 0 Å². The first-order chi connectivity index (χ1) is 14.9. The minimum atomic E-state index is -3.78. The SMILES string of the molecule is O=C(c1cccc(NS(=O)(=O)c2ccc(Cl)cc2)c1)N1CCN(c2ccccc2)CC1. The lowest BCUT2D eigenvalue weighted by molar-refractivity contribution is 0.0747. The smallest absolute Gasteiger partial charge is 0.261 e. The molecule has 1 aliphatic rings. The van der Waals surface area contributed by atoms with Crippen LogP contribution in [0, 0.1) is 0 Å². The van der Waals surface area contributed by atoms with Gasteiger partial charge in [-0.25, -0.2) is 8.42 Å². The average Bonchev–Trinajstić information content (AvgIpc) is 2.79. The van der Waals surface area contributed by atoms with E-state index in [9.17, 15) is 13.2 Å². The fourth-order valence-electron chi connectivity index (χ4n) is 3.53. The first-order valence-corrected chi connectivity index (χ1v) is 11.8. The number of halogens is 1. The van der Waals surface area contributed by atoms with Crippen molar-refractivity contribution in [1.82, 2.24) is 4.90 Å². The molecule has 1 N–H and O–H groups in total. The molecule has 0 atom stereocenters. The number of rotatable bonds is 5. The van der Waals surface area contributed by atoms with Crippen molar-refractivity contribution in [3.63, 3.8) is 0 Å². The van der Waals surface area contributed by atoms with Crippen molar-refractivity contribution in [1.29, 1.82) is 0 Å². The van der Waals surface area contributed by atoms with Gasteiger partial charge in [0, 0.05) is 48.1 Å². The van der Waals surface area contributed by atoms with Gasteiger partial charge in [0.05, 0.1) is 4.90 Å². The standard InChI is InChI=1S/C23H22ClN3O3S/c24-19-9-11-22(12-10-19)31(29,30)25-20-6-4-5-18(17-20)23(28)27-15-13-26(14-16-27)21-7-2-1-3-8-21/h1-12,17,25H,13-16H2. The fraction of sp³-hybridized carbons (Fsp3) is 0.174. The topological polar surface area (TPSA) is 69.7 Å². The largest absolute Gasteiger partial charge is 0.368 e. The molecule has 4 rings (SSSR count). The van der Waals surface area contributed by atoms with Gasteiger partial charge >= 0.3 is 0 Å². The third-order valence-corrected chi connectivity index (χ3v) is 6.82. The molecule has 0 aromatic heterocycles. The molecule has 8 heteroatoms. The maximum absolute atomic E-state index is 13.0. The summed E-state index contributed by atoms with van der Waals surface area (Å²) in [7, 11) is -3.78. The monoisotopic (exact) mass is 455 g/mol. The van der Waals surface area contributed by atoms with E-state index in [2.05, 4.69) is 21.8 Å². The number of sulfonamides is 1. The van der Waals surface area contributed by atoms with Crippen molar-refractivity contribution in [3.05, 3.63) is 89.4 Å². The van der Waals surface area contributed by atoms with Gasteiger partial charge in [0.2, 0.25) is 0 Å². The molecule has 1 heterocycles. The van der Waals surface area contributed by atoms with E-state index in [0.717, 1.165) is 18.8 Å². The first-order valence-electron chi connectivity index (χ1n) is 9.90. The highest BCUT2D eigenvalue weighted by Crippen LogP contribution is 2.21. The fourth-order valence-corrected chi connectivity index (χ4v) is 4.71. The number of hydrogen-bond acceptors (Lipinski definition) is 4. The van der Waals surface area contributed by atoms with Crippen LogP contribution in [0.4, 0.5) is 11.4 Å². The molecular weight excluding hydrogens is 434 g/mol. The Labute approximate surface area is 187 Å². The molecule has 0 unspecified atom stereocenters. The summed E-state index contributed by atoms with van der Waals surface area (Å²) in [6.45, 7) is 2.71. The summed E-state index contributed by atoms with van der Waals surface area (Å²) in [5.74, 6) is -0.111. The van der Waals surface area contributed by atoms with Crippen LogP contribution in [0.25, 0.3) is 0 Å². The zero-order chi connectivity index (χ0) is 21.8. The van der Waals surface area contributed by atoms with Crippen molar-refractivity contribution < 1.29 is 13.2 Å². The van der Waals surface area contributed by atoms with E-state index in [1.807, 2.05) is 18.2 Å². The lowest BCUT2D eigenvalue weighted by Crippen LogP contribution is -2.48. The van der Waals surface area contributed by atoms with Gasteiger partial charge in [-0.15, -0.1) is 0 Å². The van der Waals surface area contributed by atoms with Crippen LogP contribution in [0.3, 0.4) is 0 Å². The summed E-state index contributed by atoms with van der Waals surface area (Å²) in [5.41, 5.74) is 1.93. The Hall–Kier alpha value is -3.03. The Morgan fingerprint density at radius 1 is 0.839 bits per heavy atom. The average molecular weight is 456 g/mol. The number of benzene rings is 3. The molecule has 0 radical (unpaired) electrons. The zero-order valence-electron chi connectivity index (χ0n) is 16.7. The highest BCUT2D eigenvalue weighted by Gasteiger charge is 2.23. The van der Waals surface area contributed by atoms with Crippen LogP contribution in [0.2, 0.25) is 5.02 Å². The molecule has 6 nitrogen and oxygen atoms in total. The summed E-state index contributed by atoms with van der Waals surface area (Å²) >= 11 is 5.83. The predicted octanol–water partition coefficient (Wildman–Crippen LogP) is 4.10. The minimum Gasteiger partial charge on any atom is -0.368 e. The second-order valence-electron chi connectivity index (χ2n) is 7.26. The van der Waals surface area contributed by atoms with Gasteiger partial charge < -0.3 is 9.80 Å². The van der Waals surface area contributed by atoms with Gasteiger partial charge in [0.1, 0.15) is 0 Å². The van der Waals surface area contributed by atoms with Crippen LogP contribution >= 0.6 is 11.6 Å². The third-order valence-electron chi connectivity index (χ3n) is 5.17. The predicted molar refractivity (Wildman–Crippen MR) is 123 cm³/mol. The Morgan fingerprint density at radius 2 is 1.52 bits per heavy atom. The number of carbonyl (C=O) groups excluding carboxylic acids is 1. The molecule has 1 saturated heterocycles. The lowest BCUT2D eigenvalue weighted by Gasteiger charge is -2.36. The molecule has 160 valence electrons. The first kappa shape index (κ1) is 21.2. The van der Waals surface area contributed by atoms with E-state index in [1.54, 1.807) is 29.2 Å². The van der Waals surface area contributed by atoms with Crippen LogP contribution in [0.5, 0.6) is 0 Å². The molecule has 1 aliphatic heterocycles. The summed E-state index contributed by atoms with van der Waals surface area (Å²) in [5, 5.41) is 0.457. The Kier molecular flexibility index (Phi) is 6.15. The van der Waals surface area contributed by atoms with Crippen LogP contribution in [0.15, 0.2) is 83.8 Å². The Balaban J connectivity index is 1.43. The number of amides is 1. The number of anilines is 2. The highest BCUT2D eigenvalue weighted by atomic mass is 35.5. The van der Waals surface area contributed by atoms with Gasteiger partial charge in [-0.1, -0.05) is 35.9 Å². The number of nitrogens with one attached hydrogen (secondary N) is 1. The molecule has 1 amide bonds.